The van der Waals surface area contributed by atoms with Gasteiger partial charge in [0.2, 0.25) is 11.5 Å². The van der Waals surface area contributed by atoms with Gasteiger partial charge in [0, 0.05) is 31.0 Å². The highest BCUT2D eigenvalue weighted by Gasteiger charge is 2.41. The zero-order valence-electron chi connectivity index (χ0n) is 24.2. The molecule has 0 bridgehead atoms. The zero-order valence-corrected chi connectivity index (χ0v) is 24.2. The number of amides is 1. The highest BCUT2D eigenvalue weighted by atomic mass is 16.4. The van der Waals surface area contributed by atoms with E-state index < -0.39 is 17.5 Å². The summed E-state index contributed by atoms with van der Waals surface area (Å²) >= 11 is 0. The number of pyridine rings is 1. The Morgan fingerprint density at radius 1 is 0.952 bits per heavy atom. The van der Waals surface area contributed by atoms with Gasteiger partial charge in [-0.1, -0.05) is 56.0 Å². The molecule has 0 spiro atoms. The van der Waals surface area contributed by atoms with Gasteiger partial charge in [-0.3, -0.25) is 14.4 Å². The summed E-state index contributed by atoms with van der Waals surface area (Å²) < 4.78 is 0. The molecule has 1 aromatic heterocycles. The number of aliphatic carboxylic acids is 1. The Morgan fingerprint density at radius 3 is 2.52 bits per heavy atom. The molecule has 3 aromatic rings. The number of aromatic hydroxyl groups is 1. The molecule has 1 aliphatic rings. The number of aromatic amines is 1. The molecule has 0 saturated heterocycles. The molecule has 42 heavy (non-hydrogen) atoms. The van der Waals surface area contributed by atoms with E-state index in [1.807, 2.05) is 24.3 Å². The van der Waals surface area contributed by atoms with Crippen molar-refractivity contribution in [3.05, 3.63) is 75.6 Å². The lowest BCUT2D eigenvalue weighted by atomic mass is 9.69. The van der Waals surface area contributed by atoms with Gasteiger partial charge >= 0.3 is 5.97 Å². The summed E-state index contributed by atoms with van der Waals surface area (Å²) in [6.45, 7) is 1.69. The first-order valence-electron chi connectivity index (χ1n) is 15.1. The first-order chi connectivity index (χ1) is 20.3. The summed E-state index contributed by atoms with van der Waals surface area (Å²) in [7, 11) is 0. The average molecular weight is 578 g/mol. The number of aliphatic hydroxyl groups excluding tert-OH is 1. The summed E-state index contributed by atoms with van der Waals surface area (Å²) in [6, 6.07) is 14.0. The molecule has 0 aliphatic heterocycles. The number of fused-ring (bicyclic) bond motifs is 1. The van der Waals surface area contributed by atoms with Gasteiger partial charge in [0.25, 0.3) is 0 Å². The first kappa shape index (κ1) is 31.3. The maximum Gasteiger partial charge on any atom is 0.314 e. The van der Waals surface area contributed by atoms with Crippen molar-refractivity contribution in [2.75, 3.05) is 19.6 Å². The van der Waals surface area contributed by atoms with Crippen molar-refractivity contribution < 1.29 is 24.9 Å². The van der Waals surface area contributed by atoms with Gasteiger partial charge in [0.1, 0.15) is 5.75 Å². The van der Waals surface area contributed by atoms with Crippen LogP contribution in [0.25, 0.3) is 10.9 Å². The first-order valence-corrected chi connectivity index (χ1v) is 15.1. The van der Waals surface area contributed by atoms with E-state index in [-0.39, 0.29) is 17.2 Å². The van der Waals surface area contributed by atoms with E-state index in [9.17, 15) is 29.7 Å². The number of carboxylic acid groups (broad SMARTS) is 1. The molecule has 0 radical (unpaired) electrons. The smallest absolute Gasteiger partial charge is 0.314 e. The number of rotatable bonds is 15. The lowest BCUT2D eigenvalue weighted by molar-refractivity contribution is -0.145. The fraction of sp³-hybridized carbons (Fsp3) is 0.485. The van der Waals surface area contributed by atoms with Crippen LogP contribution in [0.2, 0.25) is 0 Å². The Bertz CT molecular complexity index is 1410. The van der Waals surface area contributed by atoms with Crippen molar-refractivity contribution in [1.29, 1.82) is 0 Å². The van der Waals surface area contributed by atoms with E-state index in [2.05, 4.69) is 15.6 Å². The van der Waals surface area contributed by atoms with Gasteiger partial charge in [-0.15, -0.1) is 0 Å². The minimum absolute atomic E-state index is 0.0316. The average Bonchev–Trinajstić information content (AvgIpc) is 2.99. The molecule has 226 valence electrons. The summed E-state index contributed by atoms with van der Waals surface area (Å²) in [5, 5.41) is 37.4. The number of unbranched alkanes of at least 4 members (excludes halogenated alkanes) is 2. The lowest BCUT2D eigenvalue weighted by Gasteiger charge is -2.34. The van der Waals surface area contributed by atoms with Crippen molar-refractivity contribution >= 4 is 22.8 Å². The summed E-state index contributed by atoms with van der Waals surface area (Å²) in [5.74, 6) is -0.729. The summed E-state index contributed by atoms with van der Waals surface area (Å²) in [6.07, 6.45) is 8.17. The standard InChI is InChI=1S/C33H43N3O6/c37-27-15-13-25(26-14-16-30(40)36-31(26)27)28(38)22-34-19-5-2-6-20-35-29(39)12-8-10-23-9-7-11-24(21-23)33(32(41)42)17-3-1-4-18-33/h7,9,11,13-16,21,28,34,37-38H,1-6,8,10,12,17-20,22H2,(H,35,39)(H,36,40)(H,41,42)/t28-/m0/s1. The second-order valence-corrected chi connectivity index (χ2v) is 11.4. The third-order valence-corrected chi connectivity index (χ3v) is 8.42. The predicted octanol–water partition coefficient (Wildman–Crippen LogP) is 4.45. The minimum Gasteiger partial charge on any atom is -0.506 e. The van der Waals surface area contributed by atoms with E-state index in [1.165, 1.54) is 12.1 Å². The number of H-pyrrole nitrogens is 1. The number of carbonyl (C=O) groups excluding carboxylic acids is 1. The van der Waals surface area contributed by atoms with E-state index in [0.29, 0.717) is 55.2 Å². The van der Waals surface area contributed by atoms with Crippen LogP contribution in [-0.4, -0.2) is 51.8 Å². The van der Waals surface area contributed by atoms with Crippen molar-refractivity contribution in [1.82, 2.24) is 15.6 Å². The monoisotopic (exact) mass is 577 g/mol. The molecule has 9 heteroatoms. The number of hydrogen-bond acceptors (Lipinski definition) is 6. The van der Waals surface area contributed by atoms with Crippen LogP contribution in [-0.2, 0) is 21.4 Å². The summed E-state index contributed by atoms with van der Waals surface area (Å²) in [5.41, 5.74) is 1.84. The number of benzene rings is 2. The number of aromatic nitrogens is 1. The Labute approximate surface area is 246 Å². The molecule has 9 nitrogen and oxygen atoms in total. The Kier molecular flexibility index (Phi) is 11.1. The van der Waals surface area contributed by atoms with Gasteiger partial charge in [0.05, 0.1) is 17.0 Å². The lowest BCUT2D eigenvalue weighted by Crippen LogP contribution is -2.37. The van der Waals surface area contributed by atoms with Gasteiger partial charge in [0.15, 0.2) is 0 Å². The Balaban J connectivity index is 1.09. The number of aryl methyl sites for hydroxylation is 1. The molecule has 1 heterocycles. The highest BCUT2D eigenvalue weighted by molar-refractivity contribution is 5.87. The Hall–Kier alpha value is -3.69. The van der Waals surface area contributed by atoms with Crippen LogP contribution >= 0.6 is 0 Å². The van der Waals surface area contributed by atoms with Crippen LogP contribution in [0, 0.1) is 0 Å². The third-order valence-electron chi connectivity index (χ3n) is 8.42. The topological polar surface area (TPSA) is 152 Å². The van der Waals surface area contributed by atoms with Crippen LogP contribution in [0.1, 0.15) is 87.0 Å². The molecule has 4 rings (SSSR count). The quantitative estimate of drug-likeness (QED) is 0.146. The molecule has 6 N–H and O–H groups in total. The van der Waals surface area contributed by atoms with E-state index in [1.54, 1.807) is 12.1 Å². The fourth-order valence-electron chi connectivity index (χ4n) is 6.03. The second-order valence-electron chi connectivity index (χ2n) is 11.4. The third kappa shape index (κ3) is 7.98. The van der Waals surface area contributed by atoms with Gasteiger partial charge in [-0.2, -0.15) is 0 Å². The van der Waals surface area contributed by atoms with E-state index in [4.69, 9.17) is 0 Å². The molecule has 0 unspecified atom stereocenters. The second kappa shape index (κ2) is 15.0. The van der Waals surface area contributed by atoms with Crippen molar-refractivity contribution in [2.24, 2.45) is 0 Å². The molecule has 1 fully saturated rings. The molecule has 1 saturated carbocycles. The van der Waals surface area contributed by atoms with Crippen molar-refractivity contribution in [2.45, 2.75) is 82.1 Å². The maximum absolute atomic E-state index is 12.3. The maximum atomic E-state index is 12.3. The van der Waals surface area contributed by atoms with Crippen molar-refractivity contribution in [3.63, 3.8) is 0 Å². The van der Waals surface area contributed by atoms with E-state index >= 15 is 0 Å². The number of hydrogen-bond donors (Lipinski definition) is 6. The SMILES string of the molecule is O=C(CCCc1cccc(C2(C(=O)O)CCCCC2)c1)NCCCCCNC[C@H](O)c1ccc(O)c2[nH]c(=O)ccc12. The normalized spacial score (nSPS) is 15.4. The van der Waals surface area contributed by atoms with Crippen LogP contribution in [0.15, 0.2) is 53.3 Å². The van der Waals surface area contributed by atoms with Crippen molar-refractivity contribution in [3.8, 4) is 5.75 Å². The number of carbonyl (C=O) groups is 2. The predicted molar refractivity (Wildman–Crippen MR) is 163 cm³/mol. The largest absolute Gasteiger partial charge is 0.506 e. The molecule has 2 aromatic carbocycles. The summed E-state index contributed by atoms with van der Waals surface area (Å²) in [4.78, 5) is 38.6. The van der Waals surface area contributed by atoms with Gasteiger partial charge in [-0.25, -0.2) is 0 Å². The van der Waals surface area contributed by atoms with Gasteiger partial charge in [-0.05, 0) is 73.9 Å². The number of carboxylic acids is 1. The van der Waals surface area contributed by atoms with Crippen LogP contribution in [0.4, 0.5) is 0 Å². The molecular weight excluding hydrogens is 534 g/mol. The van der Waals surface area contributed by atoms with Crippen LogP contribution in [0.5, 0.6) is 5.75 Å². The molecule has 1 aliphatic carbocycles. The number of phenols is 1. The van der Waals surface area contributed by atoms with Crippen LogP contribution < -0.4 is 16.2 Å². The van der Waals surface area contributed by atoms with Gasteiger partial charge < -0.3 is 30.9 Å². The molecule has 1 atom stereocenters. The number of nitrogens with one attached hydrogen (secondary N) is 3. The molecular formula is C33H43N3O6. The minimum atomic E-state index is -0.786. The number of aliphatic hydroxyl groups is 1. The Morgan fingerprint density at radius 2 is 1.74 bits per heavy atom. The molecule has 1 amide bonds. The fourth-order valence-corrected chi connectivity index (χ4v) is 6.03. The van der Waals surface area contributed by atoms with E-state index in [0.717, 1.165) is 62.6 Å². The number of phenolic OH excluding ortho intramolecular Hbond substituents is 1. The van der Waals surface area contributed by atoms with Crippen LogP contribution in [0.3, 0.4) is 0 Å². The zero-order chi connectivity index (χ0) is 30.0. The highest BCUT2D eigenvalue weighted by Crippen LogP contribution is 2.40.